The minimum absolute atomic E-state index is 0.0791. The Hall–Kier alpha value is -2.02. The minimum atomic E-state index is -0.625. The highest BCUT2D eigenvalue weighted by molar-refractivity contribution is 9.10. The van der Waals surface area contributed by atoms with Crippen LogP contribution in [-0.2, 0) is 6.61 Å². The summed E-state index contributed by atoms with van der Waals surface area (Å²) in [5.74, 6) is -0.923. The highest BCUT2D eigenvalue weighted by atomic mass is 79.9. The van der Waals surface area contributed by atoms with Crippen LogP contribution in [0, 0.1) is 21.7 Å². The number of nitro groups is 1. The van der Waals surface area contributed by atoms with Gasteiger partial charge in [0.05, 0.1) is 10.5 Å². The van der Waals surface area contributed by atoms with Crippen molar-refractivity contribution in [1.82, 2.24) is 0 Å². The van der Waals surface area contributed by atoms with Crippen molar-refractivity contribution < 1.29 is 18.4 Å². The smallest absolute Gasteiger partial charge is 0.276 e. The first-order valence-corrected chi connectivity index (χ1v) is 6.27. The van der Waals surface area contributed by atoms with E-state index >= 15 is 0 Å². The summed E-state index contributed by atoms with van der Waals surface area (Å²) < 4.78 is 32.0. The second-order valence-corrected chi connectivity index (χ2v) is 4.84. The molecule has 2 aromatic carbocycles. The highest BCUT2D eigenvalue weighted by Crippen LogP contribution is 2.24. The van der Waals surface area contributed by atoms with E-state index in [-0.39, 0.29) is 23.6 Å². The summed E-state index contributed by atoms with van der Waals surface area (Å²) in [6.07, 6.45) is 0. The zero-order valence-electron chi connectivity index (χ0n) is 9.98. The first-order valence-electron chi connectivity index (χ1n) is 5.47. The maximum absolute atomic E-state index is 13.1. The molecule has 0 unspecified atom stereocenters. The summed E-state index contributed by atoms with van der Waals surface area (Å²) in [4.78, 5) is 10.2. The average molecular weight is 344 g/mol. The summed E-state index contributed by atoms with van der Waals surface area (Å²) in [5.41, 5.74) is -0.169. The molecule has 0 saturated heterocycles. The van der Waals surface area contributed by atoms with Crippen molar-refractivity contribution in [2.45, 2.75) is 6.61 Å². The fourth-order valence-electron chi connectivity index (χ4n) is 1.62. The minimum Gasteiger partial charge on any atom is -0.488 e. The Balaban J connectivity index is 2.22. The van der Waals surface area contributed by atoms with E-state index in [1.165, 1.54) is 12.1 Å². The van der Waals surface area contributed by atoms with Crippen LogP contribution in [0.15, 0.2) is 40.9 Å². The number of hydrogen-bond acceptors (Lipinski definition) is 3. The van der Waals surface area contributed by atoms with E-state index in [0.29, 0.717) is 4.47 Å². The first-order chi connectivity index (χ1) is 9.45. The molecule has 0 N–H and O–H groups in total. The van der Waals surface area contributed by atoms with E-state index in [0.717, 1.165) is 24.3 Å². The van der Waals surface area contributed by atoms with Gasteiger partial charge in [0, 0.05) is 16.6 Å². The Bertz CT molecular complexity index is 644. The number of nitrogens with zero attached hydrogens (tertiary/aromatic N) is 1. The standard InChI is InChI=1S/C13H8BrF2NO3/c14-9-4-11(16)6-12(5-9)20-7-8-3-10(15)1-2-13(8)17(18)19/h1-6H,7H2. The van der Waals surface area contributed by atoms with Gasteiger partial charge in [-0.1, -0.05) is 15.9 Å². The SMILES string of the molecule is O=[N+]([O-])c1ccc(F)cc1COc1cc(F)cc(Br)c1. The van der Waals surface area contributed by atoms with Crippen molar-refractivity contribution in [3.8, 4) is 5.75 Å². The van der Waals surface area contributed by atoms with E-state index in [1.54, 1.807) is 0 Å². The second kappa shape index (κ2) is 5.96. The summed E-state index contributed by atoms with van der Waals surface area (Å²) in [5, 5.41) is 10.8. The lowest BCUT2D eigenvalue weighted by molar-refractivity contribution is -0.385. The lowest BCUT2D eigenvalue weighted by Gasteiger charge is -2.07. The Labute approximate surface area is 121 Å². The first kappa shape index (κ1) is 14.4. The third-order valence-corrected chi connectivity index (χ3v) is 2.93. The predicted octanol–water partition coefficient (Wildman–Crippen LogP) is 4.21. The van der Waals surface area contributed by atoms with Gasteiger partial charge in [0.2, 0.25) is 0 Å². The molecule has 0 aliphatic rings. The van der Waals surface area contributed by atoms with Crippen molar-refractivity contribution in [2.75, 3.05) is 0 Å². The van der Waals surface area contributed by atoms with Crippen LogP contribution < -0.4 is 4.74 Å². The molecule has 7 heteroatoms. The van der Waals surface area contributed by atoms with E-state index in [2.05, 4.69) is 15.9 Å². The molecule has 0 atom stereocenters. The molecule has 2 aromatic rings. The van der Waals surface area contributed by atoms with Gasteiger partial charge < -0.3 is 4.74 Å². The average Bonchev–Trinajstić information content (AvgIpc) is 2.35. The zero-order chi connectivity index (χ0) is 14.7. The number of benzene rings is 2. The Kier molecular flexibility index (Phi) is 4.29. The fourth-order valence-corrected chi connectivity index (χ4v) is 2.07. The van der Waals surface area contributed by atoms with Gasteiger partial charge in [-0.3, -0.25) is 10.1 Å². The van der Waals surface area contributed by atoms with E-state index in [1.807, 2.05) is 0 Å². The third-order valence-electron chi connectivity index (χ3n) is 2.47. The Morgan fingerprint density at radius 1 is 1.15 bits per heavy atom. The van der Waals surface area contributed by atoms with Crippen LogP contribution in [-0.4, -0.2) is 4.92 Å². The third kappa shape index (κ3) is 3.51. The molecule has 0 saturated carbocycles. The van der Waals surface area contributed by atoms with E-state index in [9.17, 15) is 18.9 Å². The summed E-state index contributed by atoms with van der Waals surface area (Å²) >= 11 is 3.10. The van der Waals surface area contributed by atoms with Crippen LogP contribution in [0.1, 0.15) is 5.56 Å². The fraction of sp³-hybridized carbons (Fsp3) is 0.0769. The molecule has 0 aliphatic heterocycles. The molecule has 0 amide bonds. The number of halogens is 3. The van der Waals surface area contributed by atoms with Gasteiger partial charge in [-0.15, -0.1) is 0 Å². The molecular formula is C13H8BrF2NO3. The molecular weight excluding hydrogens is 336 g/mol. The van der Waals surface area contributed by atoms with Crippen molar-refractivity contribution in [2.24, 2.45) is 0 Å². The molecule has 2 rings (SSSR count). The van der Waals surface area contributed by atoms with Crippen LogP contribution >= 0.6 is 15.9 Å². The van der Waals surface area contributed by atoms with Gasteiger partial charge in [0.1, 0.15) is 24.0 Å². The molecule has 4 nitrogen and oxygen atoms in total. The van der Waals surface area contributed by atoms with Crippen LogP contribution in [0.3, 0.4) is 0 Å². The Morgan fingerprint density at radius 2 is 1.90 bits per heavy atom. The Morgan fingerprint density at radius 3 is 2.55 bits per heavy atom. The lowest BCUT2D eigenvalue weighted by atomic mass is 10.2. The van der Waals surface area contributed by atoms with Gasteiger partial charge in [0.15, 0.2) is 0 Å². The zero-order valence-corrected chi connectivity index (χ0v) is 11.6. The van der Waals surface area contributed by atoms with Gasteiger partial charge in [-0.05, 0) is 24.3 Å². The highest BCUT2D eigenvalue weighted by Gasteiger charge is 2.15. The molecule has 0 radical (unpaired) electrons. The van der Waals surface area contributed by atoms with Gasteiger partial charge in [-0.2, -0.15) is 0 Å². The van der Waals surface area contributed by atoms with Crippen molar-refractivity contribution in [3.05, 3.63) is 68.2 Å². The van der Waals surface area contributed by atoms with Crippen molar-refractivity contribution >= 4 is 21.6 Å². The van der Waals surface area contributed by atoms with Crippen LogP contribution in [0.2, 0.25) is 0 Å². The molecule has 0 heterocycles. The van der Waals surface area contributed by atoms with E-state index < -0.39 is 16.6 Å². The topological polar surface area (TPSA) is 52.4 Å². The largest absolute Gasteiger partial charge is 0.488 e. The molecule has 20 heavy (non-hydrogen) atoms. The molecule has 0 bridgehead atoms. The van der Waals surface area contributed by atoms with Crippen molar-refractivity contribution in [3.63, 3.8) is 0 Å². The van der Waals surface area contributed by atoms with Crippen molar-refractivity contribution in [1.29, 1.82) is 0 Å². The van der Waals surface area contributed by atoms with Gasteiger partial charge in [-0.25, -0.2) is 8.78 Å². The predicted molar refractivity (Wildman–Crippen MR) is 71.5 cm³/mol. The van der Waals surface area contributed by atoms with Crippen LogP contribution in [0.25, 0.3) is 0 Å². The number of nitro benzene ring substituents is 1. The van der Waals surface area contributed by atoms with Gasteiger partial charge >= 0.3 is 0 Å². The second-order valence-electron chi connectivity index (χ2n) is 3.92. The van der Waals surface area contributed by atoms with Gasteiger partial charge in [0.25, 0.3) is 5.69 Å². The summed E-state index contributed by atoms with van der Waals surface area (Å²) in [6, 6.07) is 6.98. The summed E-state index contributed by atoms with van der Waals surface area (Å²) in [7, 11) is 0. The van der Waals surface area contributed by atoms with E-state index in [4.69, 9.17) is 4.74 Å². The molecule has 104 valence electrons. The summed E-state index contributed by atoms with van der Waals surface area (Å²) in [6.45, 7) is -0.232. The maximum Gasteiger partial charge on any atom is 0.276 e. The normalized spacial score (nSPS) is 10.3. The molecule has 0 fully saturated rings. The number of hydrogen-bond donors (Lipinski definition) is 0. The molecule has 0 aromatic heterocycles. The number of ether oxygens (including phenoxy) is 1. The lowest BCUT2D eigenvalue weighted by Crippen LogP contribution is -2.01. The van der Waals surface area contributed by atoms with Crippen LogP contribution in [0.4, 0.5) is 14.5 Å². The maximum atomic E-state index is 13.1. The quantitative estimate of drug-likeness (QED) is 0.617. The number of rotatable bonds is 4. The monoisotopic (exact) mass is 343 g/mol. The van der Waals surface area contributed by atoms with Crippen LogP contribution in [0.5, 0.6) is 5.75 Å². The molecule has 0 aliphatic carbocycles. The molecule has 0 spiro atoms.